The summed E-state index contributed by atoms with van der Waals surface area (Å²) in [5.41, 5.74) is 8.13. The second-order valence-corrected chi connectivity index (χ2v) is 9.73. The molecule has 0 spiro atoms. The minimum atomic E-state index is -0.273. The van der Waals surface area contributed by atoms with Gasteiger partial charge in [0.25, 0.3) is 0 Å². The van der Waals surface area contributed by atoms with Crippen LogP contribution in [0.4, 0.5) is 5.69 Å². The van der Waals surface area contributed by atoms with E-state index in [1.807, 2.05) is 6.92 Å². The van der Waals surface area contributed by atoms with Gasteiger partial charge in [0.15, 0.2) is 0 Å². The topological polar surface area (TPSA) is 49.6 Å². The Morgan fingerprint density at radius 2 is 1.96 bits per heavy atom. The smallest absolute Gasteiger partial charge is 0.225 e. The summed E-state index contributed by atoms with van der Waals surface area (Å²) in [5, 5.41) is 0.839. The monoisotopic (exact) mass is 375 g/mol. The van der Waals surface area contributed by atoms with E-state index < -0.39 is 0 Å². The van der Waals surface area contributed by atoms with Crippen LogP contribution in [0.5, 0.6) is 0 Å². The maximum Gasteiger partial charge on any atom is 0.225 e. The highest BCUT2D eigenvalue weighted by molar-refractivity contribution is 6.31. The molecule has 0 bridgehead atoms. The van der Waals surface area contributed by atoms with Crippen LogP contribution in [0.1, 0.15) is 38.7 Å². The van der Waals surface area contributed by atoms with Crippen molar-refractivity contribution in [3.05, 3.63) is 28.8 Å². The Kier molecular flexibility index (Phi) is 4.27. The zero-order valence-electron chi connectivity index (χ0n) is 16.1. The number of piperidine rings is 1. The van der Waals surface area contributed by atoms with Crippen molar-refractivity contribution >= 4 is 23.2 Å². The fourth-order valence-corrected chi connectivity index (χ4v) is 5.98. The van der Waals surface area contributed by atoms with E-state index in [-0.39, 0.29) is 16.7 Å². The average molecular weight is 376 g/mol. The molecule has 2 heterocycles. The number of carbonyl (C=O) groups is 1. The van der Waals surface area contributed by atoms with E-state index >= 15 is 0 Å². The van der Waals surface area contributed by atoms with Crippen molar-refractivity contribution in [2.75, 3.05) is 31.1 Å². The van der Waals surface area contributed by atoms with E-state index in [4.69, 9.17) is 17.3 Å². The Hall–Kier alpha value is -1.26. The third-order valence-electron chi connectivity index (χ3n) is 7.28. The predicted octanol–water partition coefficient (Wildman–Crippen LogP) is 3.45. The number of nitrogens with zero attached hydrogens (tertiary/aromatic N) is 2. The first-order chi connectivity index (χ1) is 12.2. The van der Waals surface area contributed by atoms with Crippen molar-refractivity contribution in [2.24, 2.45) is 22.5 Å². The van der Waals surface area contributed by atoms with Crippen molar-refractivity contribution in [1.29, 1.82) is 0 Å². The molecular formula is C21H30ClN3O. The van der Waals surface area contributed by atoms with Gasteiger partial charge in [-0.3, -0.25) is 9.69 Å². The first kappa shape index (κ1) is 18.1. The van der Waals surface area contributed by atoms with E-state index in [9.17, 15) is 4.79 Å². The molecule has 5 heteroatoms. The minimum Gasteiger partial charge on any atom is -0.371 e. The first-order valence-corrected chi connectivity index (χ1v) is 10.2. The number of carbonyl (C=O) groups excluding carboxylic acids is 1. The van der Waals surface area contributed by atoms with Gasteiger partial charge in [-0.15, -0.1) is 0 Å². The third kappa shape index (κ3) is 2.73. The molecule has 1 amide bonds. The number of anilines is 1. The fourth-order valence-electron chi connectivity index (χ4n) is 5.81. The highest BCUT2D eigenvalue weighted by Crippen LogP contribution is 2.63. The Bertz CT molecular complexity index is 726. The minimum absolute atomic E-state index is 0.0870. The summed E-state index contributed by atoms with van der Waals surface area (Å²) < 4.78 is 0. The molecule has 142 valence electrons. The van der Waals surface area contributed by atoms with Crippen LogP contribution in [0.3, 0.4) is 0 Å². The number of likely N-dealkylation sites (tertiary alicyclic amines) is 1. The number of nitrogens with two attached hydrogens (primary N) is 1. The van der Waals surface area contributed by atoms with Gasteiger partial charge in [0.05, 0.1) is 5.41 Å². The second-order valence-electron chi connectivity index (χ2n) is 9.32. The molecule has 0 aromatic heterocycles. The first-order valence-electron chi connectivity index (χ1n) is 9.78. The van der Waals surface area contributed by atoms with Crippen LogP contribution in [0.25, 0.3) is 0 Å². The van der Waals surface area contributed by atoms with Gasteiger partial charge in [0, 0.05) is 42.9 Å². The molecule has 4 rings (SSSR count). The van der Waals surface area contributed by atoms with Gasteiger partial charge in [-0.2, -0.15) is 0 Å². The summed E-state index contributed by atoms with van der Waals surface area (Å²) in [6.45, 7) is 10.6. The van der Waals surface area contributed by atoms with Crippen LogP contribution >= 0.6 is 11.6 Å². The zero-order chi connectivity index (χ0) is 18.7. The van der Waals surface area contributed by atoms with E-state index in [1.54, 1.807) is 0 Å². The van der Waals surface area contributed by atoms with Gasteiger partial charge >= 0.3 is 0 Å². The number of primary amides is 1. The van der Waals surface area contributed by atoms with Crippen molar-refractivity contribution in [1.82, 2.24) is 4.90 Å². The van der Waals surface area contributed by atoms with E-state index in [1.165, 1.54) is 5.69 Å². The van der Waals surface area contributed by atoms with Crippen LogP contribution in [0.2, 0.25) is 5.02 Å². The lowest BCUT2D eigenvalue weighted by Gasteiger charge is -2.54. The number of hydrogen-bond acceptors (Lipinski definition) is 3. The molecule has 1 aromatic carbocycles. The van der Waals surface area contributed by atoms with Gasteiger partial charge in [0.2, 0.25) is 5.91 Å². The maximum atomic E-state index is 12.2. The number of amides is 1. The number of benzene rings is 1. The van der Waals surface area contributed by atoms with Gasteiger partial charge in [-0.1, -0.05) is 31.5 Å². The van der Waals surface area contributed by atoms with Gasteiger partial charge in [-0.25, -0.2) is 0 Å². The van der Waals surface area contributed by atoms with Crippen molar-refractivity contribution < 1.29 is 4.79 Å². The number of hydrogen-bond donors (Lipinski definition) is 1. The highest BCUT2D eigenvalue weighted by Gasteiger charge is 2.66. The van der Waals surface area contributed by atoms with Crippen LogP contribution in [0, 0.1) is 23.7 Å². The lowest BCUT2D eigenvalue weighted by Crippen LogP contribution is -2.59. The van der Waals surface area contributed by atoms with E-state index in [0.29, 0.717) is 12.0 Å². The Balaban J connectivity index is 1.41. The van der Waals surface area contributed by atoms with Gasteiger partial charge in [0.1, 0.15) is 0 Å². The molecule has 0 radical (unpaired) electrons. The van der Waals surface area contributed by atoms with Crippen molar-refractivity contribution in [3.63, 3.8) is 0 Å². The Morgan fingerprint density at radius 3 is 2.50 bits per heavy atom. The summed E-state index contributed by atoms with van der Waals surface area (Å²) >= 11 is 6.30. The molecule has 2 N–H and O–H groups in total. The Labute approximate surface area is 161 Å². The van der Waals surface area contributed by atoms with E-state index in [0.717, 1.165) is 56.0 Å². The van der Waals surface area contributed by atoms with Crippen LogP contribution < -0.4 is 10.6 Å². The zero-order valence-corrected chi connectivity index (χ0v) is 16.9. The molecule has 0 unspecified atom stereocenters. The molecule has 2 aliphatic heterocycles. The van der Waals surface area contributed by atoms with Crippen molar-refractivity contribution in [2.45, 2.75) is 46.1 Å². The molecule has 3 aliphatic rings. The number of rotatable bonds is 3. The molecular weight excluding hydrogens is 346 g/mol. The summed E-state index contributed by atoms with van der Waals surface area (Å²) in [6, 6.07) is 6.91. The molecule has 1 aliphatic carbocycles. The third-order valence-corrected chi connectivity index (χ3v) is 7.68. The predicted molar refractivity (Wildman–Crippen MR) is 107 cm³/mol. The van der Waals surface area contributed by atoms with Crippen LogP contribution in [-0.4, -0.2) is 43.0 Å². The number of halogens is 1. The molecule has 1 saturated carbocycles. The van der Waals surface area contributed by atoms with Gasteiger partial charge < -0.3 is 10.6 Å². The molecule has 4 nitrogen and oxygen atoms in total. The largest absolute Gasteiger partial charge is 0.371 e. The van der Waals surface area contributed by atoms with Crippen LogP contribution in [0.15, 0.2) is 18.2 Å². The van der Waals surface area contributed by atoms with E-state index in [2.05, 4.69) is 41.8 Å². The average Bonchev–Trinajstić information content (AvgIpc) is 2.94. The summed E-state index contributed by atoms with van der Waals surface area (Å²) in [7, 11) is 0. The molecule has 2 saturated heterocycles. The fraction of sp³-hybridized carbons (Fsp3) is 0.667. The molecule has 2 atom stereocenters. The summed E-state index contributed by atoms with van der Waals surface area (Å²) in [4.78, 5) is 17.2. The lowest BCUT2D eigenvalue weighted by atomic mass is 9.48. The van der Waals surface area contributed by atoms with Crippen molar-refractivity contribution in [3.8, 4) is 0 Å². The van der Waals surface area contributed by atoms with Crippen LogP contribution in [-0.2, 0) is 4.79 Å². The summed E-state index contributed by atoms with van der Waals surface area (Å²) in [5.74, 6) is 0.331. The quantitative estimate of drug-likeness (QED) is 0.880. The molecule has 3 fully saturated rings. The number of fused-ring (bicyclic) bond motifs is 1. The Morgan fingerprint density at radius 1 is 1.27 bits per heavy atom. The van der Waals surface area contributed by atoms with Gasteiger partial charge in [-0.05, 0) is 55.2 Å². The maximum absolute atomic E-state index is 12.2. The summed E-state index contributed by atoms with van der Waals surface area (Å²) in [6.07, 6.45) is 3.21. The normalized spacial score (nSPS) is 31.5. The highest BCUT2D eigenvalue weighted by atomic mass is 35.5. The molecule has 1 aromatic rings. The number of aryl methyl sites for hydroxylation is 1. The molecule has 26 heavy (non-hydrogen) atoms. The second kappa shape index (κ2) is 6.13. The SMILES string of the molecule is Cc1ccc(N2CCC(N3C[C@@H]4C(C)(C)C[C@]4(C(N)=O)C3)CC2)cc1Cl. The lowest BCUT2D eigenvalue weighted by molar-refractivity contribution is -0.148. The standard InChI is InChI=1S/C21H30ClN3O/c1-14-4-5-16(10-17(14)22)24-8-6-15(7-9-24)25-11-18-20(2,3)12-21(18,13-25)19(23)26/h4-5,10,15,18H,6-9,11-13H2,1-3H3,(H2,23,26)/t18-,21+/m1/s1.